The highest BCUT2D eigenvalue weighted by Crippen LogP contribution is 2.18. The summed E-state index contributed by atoms with van der Waals surface area (Å²) < 4.78 is 40.8. The van der Waals surface area contributed by atoms with Crippen LogP contribution in [0.4, 0.5) is 4.39 Å². The number of carbonyl (C=O) groups is 1. The lowest BCUT2D eigenvalue weighted by Gasteiger charge is -2.14. The van der Waals surface area contributed by atoms with Crippen molar-refractivity contribution < 1.29 is 17.6 Å². The predicted octanol–water partition coefficient (Wildman–Crippen LogP) is 1.12. The van der Waals surface area contributed by atoms with Crippen LogP contribution in [0.25, 0.3) is 5.69 Å². The Morgan fingerprint density at radius 1 is 1.37 bits per heavy atom. The van der Waals surface area contributed by atoms with Crippen LogP contribution in [0.15, 0.2) is 24.3 Å². The molecule has 10 heteroatoms. The summed E-state index contributed by atoms with van der Waals surface area (Å²) in [5.41, 5.74) is 0.241. The van der Waals surface area contributed by atoms with Gasteiger partial charge in [-0.3, -0.25) is 4.79 Å². The van der Waals surface area contributed by atoms with Gasteiger partial charge in [-0.05, 0) is 25.0 Å². The van der Waals surface area contributed by atoms with Gasteiger partial charge in [-0.15, -0.1) is 5.10 Å². The molecule has 1 N–H and O–H groups in total. The fourth-order valence-electron chi connectivity index (χ4n) is 3.12. The van der Waals surface area contributed by atoms with Crippen molar-refractivity contribution in [3.05, 3.63) is 41.7 Å². The van der Waals surface area contributed by atoms with Gasteiger partial charge in [-0.2, -0.15) is 0 Å². The van der Waals surface area contributed by atoms with Crippen molar-refractivity contribution in [1.29, 1.82) is 0 Å². The van der Waals surface area contributed by atoms with Crippen molar-refractivity contribution in [1.82, 2.24) is 24.4 Å². The van der Waals surface area contributed by atoms with Crippen molar-refractivity contribution in [2.75, 3.05) is 19.3 Å². The average molecular weight is 395 g/mol. The first-order chi connectivity index (χ1) is 12.8. The highest BCUT2D eigenvalue weighted by Gasteiger charge is 2.31. The number of likely N-dealkylation sites (tertiary alicyclic amines) is 1. The minimum absolute atomic E-state index is 0.0123. The Balaban J connectivity index is 1.84. The summed E-state index contributed by atoms with van der Waals surface area (Å²) in [5, 5.41) is 4.24. The molecule has 1 aliphatic rings. The van der Waals surface area contributed by atoms with E-state index in [2.05, 4.69) is 14.8 Å². The number of sulfonamides is 1. The number of aromatic nitrogens is 3. The summed E-state index contributed by atoms with van der Waals surface area (Å²) in [5.74, 6) is -0.338. The van der Waals surface area contributed by atoms with Crippen LogP contribution < -0.4 is 4.72 Å². The summed E-state index contributed by atoms with van der Waals surface area (Å²) in [4.78, 5) is 18.6. The van der Waals surface area contributed by atoms with Gasteiger partial charge in [0, 0.05) is 25.6 Å². The number of nitrogens with zero attached hydrogens (tertiary/aromatic N) is 4. The summed E-state index contributed by atoms with van der Waals surface area (Å²) in [6.07, 6.45) is 2.93. The van der Waals surface area contributed by atoms with Crippen molar-refractivity contribution >= 4 is 15.9 Å². The molecule has 0 spiro atoms. The summed E-state index contributed by atoms with van der Waals surface area (Å²) in [6, 6.07) is 5.86. The minimum atomic E-state index is -3.34. The molecule has 0 aliphatic carbocycles. The van der Waals surface area contributed by atoms with Crippen molar-refractivity contribution in [2.45, 2.75) is 32.2 Å². The molecule has 0 radical (unpaired) electrons. The van der Waals surface area contributed by atoms with Gasteiger partial charge in [0.1, 0.15) is 17.3 Å². The number of benzene rings is 1. The van der Waals surface area contributed by atoms with E-state index in [0.717, 1.165) is 12.7 Å². The van der Waals surface area contributed by atoms with Crippen molar-refractivity contribution in [2.24, 2.45) is 0 Å². The molecule has 1 aromatic carbocycles. The molecule has 3 rings (SSSR count). The Hall–Kier alpha value is -2.33. The highest BCUT2D eigenvalue weighted by atomic mass is 32.2. The second kappa shape index (κ2) is 7.73. The molecule has 0 bridgehead atoms. The van der Waals surface area contributed by atoms with E-state index in [1.165, 1.54) is 15.6 Å². The zero-order chi connectivity index (χ0) is 19.6. The first-order valence-electron chi connectivity index (χ1n) is 8.76. The fourth-order valence-corrected chi connectivity index (χ4v) is 3.92. The molecular formula is C17H22FN5O3S. The first-order valence-corrected chi connectivity index (χ1v) is 10.6. The van der Waals surface area contributed by atoms with Crippen LogP contribution >= 0.6 is 0 Å². The van der Waals surface area contributed by atoms with Gasteiger partial charge in [0.2, 0.25) is 15.8 Å². The normalized spacial score (nSPS) is 17.4. The van der Waals surface area contributed by atoms with E-state index < -0.39 is 15.8 Å². The third-order valence-corrected chi connectivity index (χ3v) is 5.04. The van der Waals surface area contributed by atoms with Gasteiger partial charge >= 0.3 is 0 Å². The predicted molar refractivity (Wildman–Crippen MR) is 97.6 cm³/mol. The highest BCUT2D eigenvalue weighted by molar-refractivity contribution is 7.88. The van der Waals surface area contributed by atoms with E-state index in [1.54, 1.807) is 18.2 Å². The van der Waals surface area contributed by atoms with Crippen LogP contribution in [0.5, 0.6) is 0 Å². The largest absolute Gasteiger partial charge is 0.334 e. The molecule has 2 aromatic rings. The van der Waals surface area contributed by atoms with Crippen LogP contribution in [-0.4, -0.2) is 59.4 Å². The van der Waals surface area contributed by atoms with Gasteiger partial charge < -0.3 is 4.90 Å². The van der Waals surface area contributed by atoms with E-state index in [9.17, 15) is 17.6 Å². The number of hydrogen-bond donors (Lipinski definition) is 1. The SMILES string of the molecule is CCCc1nc(C(=O)N2CCC(NS(C)(=O)=O)C2)nn1-c1ccccc1F. The smallest absolute Gasteiger partial charge is 0.293 e. The molecule has 1 fully saturated rings. The number of halogens is 1. The average Bonchev–Trinajstić information content (AvgIpc) is 3.21. The van der Waals surface area contributed by atoms with E-state index in [0.29, 0.717) is 25.2 Å². The number of aryl methyl sites for hydroxylation is 1. The van der Waals surface area contributed by atoms with Crippen LogP contribution in [-0.2, 0) is 16.4 Å². The lowest BCUT2D eigenvalue weighted by molar-refractivity contribution is 0.0778. The van der Waals surface area contributed by atoms with E-state index >= 15 is 0 Å². The maximum absolute atomic E-state index is 14.2. The van der Waals surface area contributed by atoms with Crippen LogP contribution in [0.1, 0.15) is 36.2 Å². The summed E-state index contributed by atoms with van der Waals surface area (Å²) in [6.45, 7) is 2.62. The molecule has 0 saturated carbocycles. The maximum atomic E-state index is 14.2. The molecule has 8 nitrogen and oxygen atoms in total. The minimum Gasteiger partial charge on any atom is -0.334 e. The molecule has 146 valence electrons. The number of hydrogen-bond acceptors (Lipinski definition) is 5. The van der Waals surface area contributed by atoms with Gasteiger partial charge in [0.15, 0.2) is 0 Å². The Labute approximate surface area is 157 Å². The molecule has 1 amide bonds. The monoisotopic (exact) mass is 395 g/mol. The van der Waals surface area contributed by atoms with Crippen LogP contribution in [0.3, 0.4) is 0 Å². The number of para-hydroxylation sites is 1. The maximum Gasteiger partial charge on any atom is 0.293 e. The van der Waals surface area contributed by atoms with Gasteiger partial charge in [-0.25, -0.2) is 27.2 Å². The quantitative estimate of drug-likeness (QED) is 0.791. The molecule has 1 aromatic heterocycles. The van der Waals surface area contributed by atoms with Crippen molar-refractivity contribution in [3.8, 4) is 5.69 Å². The zero-order valence-corrected chi connectivity index (χ0v) is 16.0. The first kappa shape index (κ1) is 19.4. The Kier molecular flexibility index (Phi) is 5.56. The van der Waals surface area contributed by atoms with Crippen LogP contribution in [0.2, 0.25) is 0 Å². The van der Waals surface area contributed by atoms with Gasteiger partial charge in [0.25, 0.3) is 5.91 Å². The molecule has 1 aliphatic heterocycles. The Bertz CT molecular complexity index is 944. The summed E-state index contributed by atoms with van der Waals surface area (Å²) >= 11 is 0. The number of carbonyl (C=O) groups excluding carboxylic acids is 1. The number of amides is 1. The number of rotatable bonds is 6. The molecule has 27 heavy (non-hydrogen) atoms. The van der Waals surface area contributed by atoms with Gasteiger partial charge in [0.05, 0.1) is 6.26 Å². The number of nitrogens with one attached hydrogen (secondary N) is 1. The molecule has 1 saturated heterocycles. The molecule has 1 unspecified atom stereocenters. The van der Waals surface area contributed by atoms with Crippen LogP contribution in [0, 0.1) is 5.82 Å². The zero-order valence-electron chi connectivity index (χ0n) is 15.2. The Morgan fingerprint density at radius 3 is 2.78 bits per heavy atom. The third-order valence-electron chi connectivity index (χ3n) is 4.28. The second-order valence-electron chi connectivity index (χ2n) is 6.59. The second-order valence-corrected chi connectivity index (χ2v) is 8.37. The van der Waals surface area contributed by atoms with E-state index in [1.807, 2.05) is 6.92 Å². The third kappa shape index (κ3) is 4.51. The van der Waals surface area contributed by atoms with E-state index in [4.69, 9.17) is 0 Å². The Morgan fingerprint density at radius 2 is 2.11 bits per heavy atom. The lowest BCUT2D eigenvalue weighted by Crippen LogP contribution is -2.38. The summed E-state index contributed by atoms with van der Waals surface area (Å²) in [7, 11) is -3.34. The lowest BCUT2D eigenvalue weighted by atomic mass is 10.3. The standard InChI is InChI=1S/C17H22FN5O3S/c1-3-6-15-19-16(20-23(15)14-8-5-4-7-13(14)18)17(24)22-10-9-12(11-22)21-27(2,25)26/h4-5,7-8,12,21H,3,6,9-11H2,1-2H3. The topological polar surface area (TPSA) is 97.2 Å². The van der Waals surface area contributed by atoms with Gasteiger partial charge in [-0.1, -0.05) is 19.1 Å². The van der Waals surface area contributed by atoms with Crippen molar-refractivity contribution in [3.63, 3.8) is 0 Å². The molecule has 2 heterocycles. The molecular weight excluding hydrogens is 373 g/mol. The molecule has 1 atom stereocenters. The van der Waals surface area contributed by atoms with E-state index in [-0.39, 0.29) is 30.0 Å². The fraction of sp³-hybridized carbons (Fsp3) is 0.471.